The van der Waals surface area contributed by atoms with Gasteiger partial charge in [0.2, 0.25) is 5.91 Å². The topological polar surface area (TPSA) is 144 Å². The summed E-state index contributed by atoms with van der Waals surface area (Å²) in [5.74, 6) is 1.27. The molecule has 2 rings (SSSR count). The van der Waals surface area contributed by atoms with Gasteiger partial charge in [-0.05, 0) is 31.1 Å². The van der Waals surface area contributed by atoms with Crippen molar-refractivity contribution in [2.24, 2.45) is 11.5 Å². The summed E-state index contributed by atoms with van der Waals surface area (Å²) in [5.41, 5.74) is 12.4. The monoisotopic (exact) mass is 487 g/mol. The highest BCUT2D eigenvalue weighted by Crippen LogP contribution is 2.35. The van der Waals surface area contributed by atoms with E-state index in [-0.39, 0.29) is 24.6 Å². The summed E-state index contributed by atoms with van der Waals surface area (Å²) >= 11 is 0. The van der Waals surface area contributed by atoms with Crippen LogP contribution in [0.25, 0.3) is 6.08 Å². The largest absolute Gasteiger partial charge is 0.496 e. The van der Waals surface area contributed by atoms with Crippen molar-refractivity contribution in [3.8, 4) is 28.7 Å². The van der Waals surface area contributed by atoms with Gasteiger partial charge in [-0.15, -0.1) is 0 Å². The summed E-state index contributed by atoms with van der Waals surface area (Å²) < 4.78 is 26.5. The fraction of sp³-hybridized carbons (Fsp3) is 0.360. The van der Waals surface area contributed by atoms with Gasteiger partial charge in [0.25, 0.3) is 0 Å². The van der Waals surface area contributed by atoms with Crippen LogP contribution in [-0.2, 0) is 9.59 Å². The maximum atomic E-state index is 12.5. The summed E-state index contributed by atoms with van der Waals surface area (Å²) in [5, 5.41) is 2.81. The van der Waals surface area contributed by atoms with E-state index in [1.165, 1.54) is 34.5 Å². The lowest BCUT2D eigenvalue weighted by Crippen LogP contribution is -2.42. The van der Waals surface area contributed by atoms with Crippen LogP contribution >= 0.6 is 0 Å². The molecular weight excluding hydrogens is 454 g/mol. The average Bonchev–Trinajstić information content (AvgIpc) is 2.89. The first-order valence-corrected chi connectivity index (χ1v) is 11.0. The van der Waals surface area contributed by atoms with Crippen molar-refractivity contribution in [3.63, 3.8) is 0 Å². The summed E-state index contributed by atoms with van der Waals surface area (Å²) in [7, 11) is 6.04. The number of benzene rings is 2. The Balaban J connectivity index is 1.96. The van der Waals surface area contributed by atoms with E-state index in [4.69, 9.17) is 35.2 Å². The number of nitrogens with two attached hydrogens (primary N) is 2. The summed E-state index contributed by atoms with van der Waals surface area (Å²) in [4.78, 5) is 24.9. The number of hydrogen-bond acceptors (Lipinski definition) is 9. The Hall–Kier alpha value is -3.76. The minimum absolute atomic E-state index is 0.170. The van der Waals surface area contributed by atoms with Gasteiger partial charge in [-0.3, -0.25) is 4.79 Å². The highest BCUT2D eigenvalue weighted by Gasteiger charge is 2.20. The number of esters is 1. The first-order valence-electron chi connectivity index (χ1n) is 11.0. The number of nitrogens with one attached hydrogen (secondary N) is 1. The van der Waals surface area contributed by atoms with Crippen LogP contribution in [-0.4, -0.2) is 58.9 Å². The predicted octanol–water partition coefficient (Wildman–Crippen LogP) is 1.89. The molecule has 2 aromatic carbocycles. The Labute approximate surface area is 205 Å². The molecule has 190 valence electrons. The third-order valence-electron chi connectivity index (χ3n) is 5.19. The van der Waals surface area contributed by atoms with Crippen molar-refractivity contribution in [1.82, 2.24) is 5.32 Å². The van der Waals surface area contributed by atoms with Crippen LogP contribution in [0, 0.1) is 0 Å². The Kier molecular flexibility index (Phi) is 10.9. The summed E-state index contributed by atoms with van der Waals surface area (Å²) in [6.45, 7) is 0.170. The number of carbonyl (C=O) groups is 2. The van der Waals surface area contributed by atoms with Crippen molar-refractivity contribution in [2.75, 3.05) is 35.0 Å². The molecule has 5 N–H and O–H groups in total. The Bertz CT molecular complexity index is 1000. The van der Waals surface area contributed by atoms with Gasteiger partial charge < -0.3 is 40.5 Å². The smallest absolute Gasteiger partial charge is 0.328 e. The summed E-state index contributed by atoms with van der Waals surface area (Å²) in [6.07, 6.45) is 3.58. The van der Waals surface area contributed by atoms with E-state index >= 15 is 0 Å². The van der Waals surface area contributed by atoms with E-state index in [9.17, 15) is 9.59 Å². The number of carbonyl (C=O) groups excluding carboxylic acids is 2. The van der Waals surface area contributed by atoms with Crippen molar-refractivity contribution in [1.29, 1.82) is 0 Å². The number of para-hydroxylation sites is 2. The zero-order valence-corrected chi connectivity index (χ0v) is 20.4. The van der Waals surface area contributed by atoms with Gasteiger partial charge in [0.15, 0.2) is 11.5 Å². The lowest BCUT2D eigenvalue weighted by molar-refractivity contribution is -0.136. The Morgan fingerprint density at radius 3 is 2.06 bits per heavy atom. The molecule has 35 heavy (non-hydrogen) atoms. The third kappa shape index (κ3) is 7.90. The van der Waals surface area contributed by atoms with Crippen LogP contribution < -0.4 is 40.5 Å². The average molecular weight is 488 g/mol. The standard InChI is InChI=1S/C25H33N3O7/c1-31-17-13-22(33-3)18(23(14-17)34-4)10-12-24(29)28-16(15-26)9-11-19(27)25(30)35-21-8-6-5-7-20(21)32-2/h5-8,10,12-14,16,19H,9,11,15,26-27H2,1-4H3,(H,28,29). The molecule has 0 aliphatic carbocycles. The minimum atomic E-state index is -0.894. The molecule has 1 amide bonds. The number of hydrogen-bond donors (Lipinski definition) is 3. The van der Waals surface area contributed by atoms with Gasteiger partial charge in [0, 0.05) is 30.8 Å². The van der Waals surface area contributed by atoms with Gasteiger partial charge in [-0.1, -0.05) is 12.1 Å². The lowest BCUT2D eigenvalue weighted by atomic mass is 10.1. The first kappa shape index (κ1) is 27.5. The minimum Gasteiger partial charge on any atom is -0.496 e. The van der Waals surface area contributed by atoms with Crippen LogP contribution in [0.1, 0.15) is 18.4 Å². The molecule has 0 heterocycles. The summed E-state index contributed by atoms with van der Waals surface area (Å²) in [6, 6.07) is 8.87. The van der Waals surface area contributed by atoms with E-state index in [0.717, 1.165) is 0 Å². The van der Waals surface area contributed by atoms with Crippen molar-refractivity contribution >= 4 is 18.0 Å². The molecular formula is C25H33N3O7. The fourth-order valence-corrected chi connectivity index (χ4v) is 3.24. The molecule has 0 aromatic heterocycles. The van der Waals surface area contributed by atoms with Crippen LogP contribution in [0.5, 0.6) is 28.7 Å². The second-order valence-electron chi connectivity index (χ2n) is 7.48. The van der Waals surface area contributed by atoms with Crippen LogP contribution in [0.2, 0.25) is 0 Å². The van der Waals surface area contributed by atoms with Crippen molar-refractivity contribution in [3.05, 3.63) is 48.0 Å². The van der Waals surface area contributed by atoms with Crippen LogP contribution in [0.15, 0.2) is 42.5 Å². The van der Waals surface area contributed by atoms with Gasteiger partial charge in [0.1, 0.15) is 23.3 Å². The first-order chi connectivity index (χ1) is 16.9. The van der Waals surface area contributed by atoms with Crippen molar-refractivity contribution < 1.29 is 33.3 Å². The molecule has 0 saturated carbocycles. The zero-order chi connectivity index (χ0) is 25.8. The molecule has 0 fully saturated rings. The molecule has 0 saturated heterocycles. The molecule has 2 aromatic rings. The molecule has 0 bridgehead atoms. The molecule has 0 aliphatic heterocycles. The van der Waals surface area contributed by atoms with E-state index in [1.807, 2.05) is 0 Å². The van der Waals surface area contributed by atoms with E-state index in [0.29, 0.717) is 35.0 Å². The van der Waals surface area contributed by atoms with Crippen LogP contribution in [0.4, 0.5) is 0 Å². The maximum Gasteiger partial charge on any atom is 0.328 e. The molecule has 10 heteroatoms. The zero-order valence-electron chi connectivity index (χ0n) is 20.4. The second-order valence-corrected chi connectivity index (χ2v) is 7.48. The predicted molar refractivity (Wildman–Crippen MR) is 132 cm³/mol. The second kappa shape index (κ2) is 13.8. The van der Waals surface area contributed by atoms with E-state index in [2.05, 4.69) is 5.32 Å². The molecule has 0 aliphatic rings. The number of rotatable bonds is 13. The fourth-order valence-electron chi connectivity index (χ4n) is 3.24. The Morgan fingerprint density at radius 2 is 1.51 bits per heavy atom. The number of methoxy groups -OCH3 is 4. The normalized spacial score (nSPS) is 12.5. The highest BCUT2D eigenvalue weighted by molar-refractivity contribution is 5.93. The van der Waals surface area contributed by atoms with E-state index < -0.39 is 18.1 Å². The molecule has 0 radical (unpaired) electrons. The molecule has 0 spiro atoms. The number of ether oxygens (including phenoxy) is 5. The molecule has 2 atom stereocenters. The lowest BCUT2D eigenvalue weighted by Gasteiger charge is -2.18. The maximum absolute atomic E-state index is 12.5. The number of amides is 1. The van der Waals surface area contributed by atoms with Gasteiger partial charge >= 0.3 is 5.97 Å². The van der Waals surface area contributed by atoms with Crippen molar-refractivity contribution in [2.45, 2.75) is 24.9 Å². The molecule has 2 unspecified atom stereocenters. The highest BCUT2D eigenvalue weighted by atomic mass is 16.6. The Morgan fingerprint density at radius 1 is 0.914 bits per heavy atom. The van der Waals surface area contributed by atoms with Gasteiger partial charge in [-0.25, -0.2) is 4.79 Å². The molecule has 10 nitrogen and oxygen atoms in total. The SMILES string of the molecule is COc1cc(OC)c(C=CC(=O)NC(CN)CCC(N)C(=O)Oc2ccccc2OC)c(OC)c1. The third-order valence-corrected chi connectivity index (χ3v) is 5.19. The van der Waals surface area contributed by atoms with E-state index in [1.54, 1.807) is 42.5 Å². The van der Waals surface area contributed by atoms with Gasteiger partial charge in [0.05, 0.1) is 34.0 Å². The van der Waals surface area contributed by atoms with Crippen LogP contribution in [0.3, 0.4) is 0 Å². The quantitative estimate of drug-likeness (QED) is 0.219. The van der Waals surface area contributed by atoms with Gasteiger partial charge in [-0.2, -0.15) is 0 Å².